The molecule has 0 radical (unpaired) electrons. The SMILES string of the molecule is CCOC(=O)c1nnn(CCF)c1-c1ccccn1. The number of halogens is 1. The van der Waals surface area contributed by atoms with Gasteiger partial charge >= 0.3 is 5.97 Å². The largest absolute Gasteiger partial charge is 0.461 e. The van der Waals surface area contributed by atoms with Gasteiger partial charge in [0.1, 0.15) is 12.4 Å². The highest BCUT2D eigenvalue weighted by Crippen LogP contribution is 2.20. The average Bonchev–Trinajstić information content (AvgIpc) is 2.84. The summed E-state index contributed by atoms with van der Waals surface area (Å²) in [6.07, 6.45) is 1.58. The van der Waals surface area contributed by atoms with E-state index in [-0.39, 0.29) is 18.8 Å². The van der Waals surface area contributed by atoms with Gasteiger partial charge in [0.15, 0.2) is 5.69 Å². The Kier molecular flexibility index (Phi) is 4.17. The Hall–Kier alpha value is -2.31. The van der Waals surface area contributed by atoms with Gasteiger partial charge in [0, 0.05) is 6.20 Å². The summed E-state index contributed by atoms with van der Waals surface area (Å²) in [6.45, 7) is 1.34. The van der Waals surface area contributed by atoms with Crippen molar-refractivity contribution < 1.29 is 13.9 Å². The summed E-state index contributed by atoms with van der Waals surface area (Å²) in [6, 6.07) is 5.22. The summed E-state index contributed by atoms with van der Waals surface area (Å²) in [5.41, 5.74) is 0.926. The molecule has 2 aromatic heterocycles. The van der Waals surface area contributed by atoms with Crippen LogP contribution in [-0.4, -0.2) is 39.2 Å². The molecule has 0 bridgehead atoms. The molecule has 0 atom stereocenters. The van der Waals surface area contributed by atoms with E-state index in [4.69, 9.17) is 4.74 Å². The van der Waals surface area contributed by atoms with Crippen molar-refractivity contribution in [1.82, 2.24) is 20.0 Å². The number of aromatic nitrogens is 4. The van der Waals surface area contributed by atoms with Crippen LogP contribution in [0.25, 0.3) is 11.4 Å². The van der Waals surface area contributed by atoms with Gasteiger partial charge in [-0.1, -0.05) is 11.3 Å². The molecule has 2 aromatic rings. The molecule has 0 saturated carbocycles. The molecule has 2 heterocycles. The molecular weight excluding hydrogens is 251 g/mol. The van der Waals surface area contributed by atoms with E-state index in [0.29, 0.717) is 11.4 Å². The van der Waals surface area contributed by atoms with Gasteiger partial charge in [-0.05, 0) is 19.1 Å². The Bertz CT molecular complexity index is 556. The lowest BCUT2D eigenvalue weighted by molar-refractivity contribution is 0.0520. The van der Waals surface area contributed by atoms with Crippen molar-refractivity contribution in [3.05, 3.63) is 30.1 Å². The normalized spacial score (nSPS) is 10.4. The molecule has 7 heteroatoms. The number of alkyl halides is 1. The van der Waals surface area contributed by atoms with Crippen LogP contribution in [-0.2, 0) is 11.3 Å². The van der Waals surface area contributed by atoms with Crippen LogP contribution in [0.5, 0.6) is 0 Å². The zero-order valence-corrected chi connectivity index (χ0v) is 10.4. The van der Waals surface area contributed by atoms with E-state index in [1.54, 1.807) is 31.3 Å². The summed E-state index contributed by atoms with van der Waals surface area (Å²) in [7, 11) is 0. The Morgan fingerprint density at radius 2 is 2.32 bits per heavy atom. The second kappa shape index (κ2) is 6.03. The number of hydrogen-bond acceptors (Lipinski definition) is 5. The van der Waals surface area contributed by atoms with E-state index < -0.39 is 12.6 Å². The highest BCUT2D eigenvalue weighted by molar-refractivity contribution is 5.93. The summed E-state index contributed by atoms with van der Waals surface area (Å²) >= 11 is 0. The first-order valence-corrected chi connectivity index (χ1v) is 5.86. The van der Waals surface area contributed by atoms with E-state index in [0.717, 1.165) is 0 Å². The predicted octanol–water partition coefficient (Wildman–Crippen LogP) is 1.49. The number of carbonyl (C=O) groups excluding carboxylic acids is 1. The maximum absolute atomic E-state index is 12.5. The first kappa shape index (κ1) is 13.1. The molecule has 2 rings (SSSR count). The molecule has 0 saturated heterocycles. The van der Waals surface area contributed by atoms with Gasteiger partial charge in [-0.3, -0.25) is 4.98 Å². The zero-order valence-electron chi connectivity index (χ0n) is 10.4. The van der Waals surface area contributed by atoms with Crippen LogP contribution < -0.4 is 0 Å². The van der Waals surface area contributed by atoms with Crippen LogP contribution in [0.3, 0.4) is 0 Å². The molecule has 0 N–H and O–H groups in total. The van der Waals surface area contributed by atoms with Crippen molar-refractivity contribution in [1.29, 1.82) is 0 Å². The lowest BCUT2D eigenvalue weighted by atomic mass is 10.2. The minimum Gasteiger partial charge on any atom is -0.461 e. The third-order valence-corrected chi connectivity index (χ3v) is 2.41. The highest BCUT2D eigenvalue weighted by Gasteiger charge is 2.22. The van der Waals surface area contributed by atoms with E-state index in [1.165, 1.54) is 4.68 Å². The van der Waals surface area contributed by atoms with Crippen molar-refractivity contribution >= 4 is 5.97 Å². The predicted molar refractivity (Wildman–Crippen MR) is 65.2 cm³/mol. The Morgan fingerprint density at radius 3 is 2.95 bits per heavy atom. The van der Waals surface area contributed by atoms with Crippen LogP contribution >= 0.6 is 0 Å². The van der Waals surface area contributed by atoms with E-state index in [2.05, 4.69) is 15.3 Å². The first-order chi connectivity index (χ1) is 9.27. The van der Waals surface area contributed by atoms with Gasteiger partial charge in [-0.25, -0.2) is 13.9 Å². The molecule has 0 aliphatic heterocycles. The second-order valence-electron chi connectivity index (χ2n) is 3.63. The number of hydrogen-bond donors (Lipinski definition) is 0. The van der Waals surface area contributed by atoms with Gasteiger partial charge in [0.2, 0.25) is 0 Å². The van der Waals surface area contributed by atoms with Crippen LogP contribution in [0.15, 0.2) is 24.4 Å². The van der Waals surface area contributed by atoms with Gasteiger partial charge in [-0.2, -0.15) is 0 Å². The van der Waals surface area contributed by atoms with Gasteiger partial charge < -0.3 is 4.74 Å². The molecule has 19 heavy (non-hydrogen) atoms. The lowest BCUT2D eigenvalue weighted by Crippen LogP contribution is -2.09. The topological polar surface area (TPSA) is 69.9 Å². The van der Waals surface area contributed by atoms with Crippen LogP contribution in [0.2, 0.25) is 0 Å². The standard InChI is InChI=1S/C12H13FN4O2/c1-2-19-12(18)10-11(9-5-3-4-7-14-9)17(8-6-13)16-15-10/h3-5,7H,2,6,8H2,1H3. The van der Waals surface area contributed by atoms with Crippen LogP contribution in [0, 0.1) is 0 Å². The zero-order chi connectivity index (χ0) is 13.7. The molecule has 0 fully saturated rings. The number of rotatable bonds is 5. The minimum atomic E-state index is -0.606. The number of aryl methyl sites for hydroxylation is 1. The molecule has 0 amide bonds. The summed E-state index contributed by atoms with van der Waals surface area (Å²) in [5, 5.41) is 7.53. The molecule has 0 aromatic carbocycles. The molecule has 0 unspecified atom stereocenters. The first-order valence-electron chi connectivity index (χ1n) is 5.86. The molecule has 0 aliphatic carbocycles. The second-order valence-corrected chi connectivity index (χ2v) is 3.63. The van der Waals surface area contributed by atoms with Crippen molar-refractivity contribution in [2.45, 2.75) is 13.5 Å². The number of nitrogens with zero attached hydrogens (tertiary/aromatic N) is 4. The molecule has 100 valence electrons. The Balaban J connectivity index is 2.48. The summed E-state index contributed by atoms with van der Waals surface area (Å²) in [4.78, 5) is 15.9. The fourth-order valence-corrected chi connectivity index (χ4v) is 1.64. The Morgan fingerprint density at radius 1 is 1.47 bits per heavy atom. The maximum Gasteiger partial charge on any atom is 0.361 e. The van der Waals surface area contributed by atoms with E-state index in [9.17, 15) is 9.18 Å². The smallest absolute Gasteiger partial charge is 0.361 e. The summed E-state index contributed by atoms with van der Waals surface area (Å²) in [5.74, 6) is -0.590. The van der Waals surface area contributed by atoms with Crippen molar-refractivity contribution in [2.24, 2.45) is 0 Å². The van der Waals surface area contributed by atoms with E-state index in [1.807, 2.05) is 0 Å². The maximum atomic E-state index is 12.5. The third-order valence-electron chi connectivity index (χ3n) is 2.41. The fourth-order valence-electron chi connectivity index (χ4n) is 1.64. The van der Waals surface area contributed by atoms with Gasteiger partial charge in [0.05, 0.1) is 18.8 Å². The number of carbonyl (C=O) groups is 1. The van der Waals surface area contributed by atoms with Gasteiger partial charge in [-0.15, -0.1) is 5.10 Å². The molecule has 0 aliphatic rings. The minimum absolute atomic E-state index is 0.0122. The fraction of sp³-hybridized carbons (Fsp3) is 0.333. The number of esters is 1. The average molecular weight is 264 g/mol. The van der Waals surface area contributed by atoms with Crippen LogP contribution in [0.1, 0.15) is 17.4 Å². The third kappa shape index (κ3) is 2.75. The lowest BCUT2D eigenvalue weighted by Gasteiger charge is -2.05. The van der Waals surface area contributed by atoms with Gasteiger partial charge in [0.25, 0.3) is 0 Å². The quantitative estimate of drug-likeness (QED) is 0.765. The van der Waals surface area contributed by atoms with Crippen molar-refractivity contribution in [3.8, 4) is 11.4 Å². The number of ether oxygens (including phenoxy) is 1. The van der Waals surface area contributed by atoms with Crippen molar-refractivity contribution in [2.75, 3.05) is 13.3 Å². The monoisotopic (exact) mass is 264 g/mol. The number of pyridine rings is 1. The highest BCUT2D eigenvalue weighted by atomic mass is 19.1. The van der Waals surface area contributed by atoms with E-state index >= 15 is 0 Å². The summed E-state index contributed by atoms with van der Waals surface area (Å²) < 4.78 is 18.7. The molecule has 6 nitrogen and oxygen atoms in total. The van der Waals surface area contributed by atoms with Crippen molar-refractivity contribution in [3.63, 3.8) is 0 Å². The van der Waals surface area contributed by atoms with Crippen LogP contribution in [0.4, 0.5) is 4.39 Å². The Labute approximate surface area is 109 Å². The molecule has 0 spiro atoms. The molecular formula is C12H13FN4O2.